The van der Waals surface area contributed by atoms with Crippen molar-refractivity contribution in [2.45, 2.75) is 6.61 Å². The van der Waals surface area contributed by atoms with Crippen LogP contribution in [0.25, 0.3) is 10.4 Å². The summed E-state index contributed by atoms with van der Waals surface area (Å²) in [6, 6.07) is 7.09. The van der Waals surface area contributed by atoms with Crippen LogP contribution in [0.1, 0.15) is 10.4 Å². The SMILES string of the molecule is O=C(O)c1ccc(-c2ccc(Cl)s2)c(OC(F)F)c1. The van der Waals surface area contributed by atoms with Crippen LogP contribution in [-0.4, -0.2) is 17.7 Å². The number of halogens is 3. The van der Waals surface area contributed by atoms with Crippen molar-refractivity contribution in [3.05, 3.63) is 40.2 Å². The molecular formula is C12H7ClF2O3S. The van der Waals surface area contributed by atoms with Crippen molar-refractivity contribution in [3.8, 4) is 16.2 Å². The lowest BCUT2D eigenvalue weighted by Crippen LogP contribution is -2.05. The minimum absolute atomic E-state index is 0.123. The molecule has 0 aliphatic carbocycles. The second-order valence-electron chi connectivity index (χ2n) is 3.50. The van der Waals surface area contributed by atoms with Gasteiger partial charge in [-0.25, -0.2) is 4.79 Å². The first-order valence-electron chi connectivity index (χ1n) is 5.05. The van der Waals surface area contributed by atoms with E-state index in [1.165, 1.54) is 23.5 Å². The molecule has 0 amide bonds. The van der Waals surface area contributed by atoms with Crippen molar-refractivity contribution in [2.75, 3.05) is 0 Å². The fourth-order valence-corrected chi connectivity index (χ4v) is 2.58. The van der Waals surface area contributed by atoms with Crippen LogP contribution in [0.4, 0.5) is 8.78 Å². The summed E-state index contributed by atoms with van der Waals surface area (Å²) in [7, 11) is 0. The van der Waals surface area contributed by atoms with Crippen LogP contribution in [0, 0.1) is 0 Å². The summed E-state index contributed by atoms with van der Waals surface area (Å²) in [5, 5.41) is 8.85. The van der Waals surface area contributed by atoms with E-state index in [0.717, 1.165) is 6.07 Å². The fraction of sp³-hybridized carbons (Fsp3) is 0.0833. The standard InChI is InChI=1S/C12H7ClF2O3S/c13-10-4-3-9(19-10)7-2-1-6(11(16)17)5-8(7)18-12(14)15/h1-5,12H,(H,16,17). The van der Waals surface area contributed by atoms with Gasteiger partial charge in [-0.2, -0.15) is 8.78 Å². The molecule has 0 saturated carbocycles. The molecule has 0 aliphatic heterocycles. The maximum atomic E-state index is 12.4. The van der Waals surface area contributed by atoms with Gasteiger partial charge in [0.2, 0.25) is 0 Å². The number of hydrogen-bond donors (Lipinski definition) is 1. The molecule has 0 aliphatic rings. The second-order valence-corrected chi connectivity index (χ2v) is 5.21. The van der Waals surface area contributed by atoms with Crippen molar-refractivity contribution in [1.82, 2.24) is 0 Å². The number of alkyl halides is 2. The predicted molar refractivity (Wildman–Crippen MR) is 68.4 cm³/mol. The van der Waals surface area contributed by atoms with Crippen molar-refractivity contribution in [3.63, 3.8) is 0 Å². The lowest BCUT2D eigenvalue weighted by atomic mass is 10.1. The molecule has 2 aromatic rings. The van der Waals surface area contributed by atoms with Crippen molar-refractivity contribution >= 4 is 28.9 Å². The van der Waals surface area contributed by atoms with Gasteiger partial charge in [0.1, 0.15) is 5.75 Å². The van der Waals surface area contributed by atoms with E-state index in [4.69, 9.17) is 16.7 Å². The molecule has 0 saturated heterocycles. The molecule has 0 atom stereocenters. The highest BCUT2D eigenvalue weighted by molar-refractivity contribution is 7.19. The Balaban J connectivity index is 2.50. The lowest BCUT2D eigenvalue weighted by Gasteiger charge is -2.10. The molecule has 1 heterocycles. The molecule has 0 spiro atoms. The monoisotopic (exact) mass is 304 g/mol. The Morgan fingerprint density at radius 3 is 2.58 bits per heavy atom. The number of hydrogen-bond acceptors (Lipinski definition) is 3. The zero-order chi connectivity index (χ0) is 14.0. The van der Waals surface area contributed by atoms with Gasteiger partial charge >= 0.3 is 12.6 Å². The van der Waals surface area contributed by atoms with Gasteiger partial charge < -0.3 is 9.84 Å². The minimum Gasteiger partial charge on any atom is -0.478 e. The first-order valence-corrected chi connectivity index (χ1v) is 6.24. The van der Waals surface area contributed by atoms with Gasteiger partial charge in [-0.05, 0) is 30.3 Å². The third kappa shape index (κ3) is 3.21. The largest absolute Gasteiger partial charge is 0.478 e. The number of rotatable bonds is 4. The average molecular weight is 305 g/mol. The second kappa shape index (κ2) is 5.54. The highest BCUT2D eigenvalue weighted by Crippen LogP contribution is 2.37. The third-order valence-corrected chi connectivity index (χ3v) is 3.55. The maximum absolute atomic E-state index is 12.4. The fourth-order valence-electron chi connectivity index (χ4n) is 1.51. The molecule has 1 N–H and O–H groups in total. The number of ether oxygens (including phenoxy) is 1. The first-order chi connectivity index (χ1) is 8.97. The molecule has 0 unspecified atom stereocenters. The van der Waals surface area contributed by atoms with Gasteiger partial charge in [0.05, 0.1) is 9.90 Å². The first kappa shape index (κ1) is 13.8. The van der Waals surface area contributed by atoms with Gasteiger partial charge in [-0.15, -0.1) is 11.3 Å². The van der Waals surface area contributed by atoms with Crippen LogP contribution in [0.15, 0.2) is 30.3 Å². The number of carboxylic acid groups (broad SMARTS) is 1. The molecule has 7 heteroatoms. The molecule has 19 heavy (non-hydrogen) atoms. The van der Waals surface area contributed by atoms with Crippen LogP contribution in [0.5, 0.6) is 5.75 Å². The van der Waals surface area contributed by atoms with E-state index in [0.29, 0.717) is 14.8 Å². The molecule has 100 valence electrons. The van der Waals surface area contributed by atoms with Crippen LogP contribution < -0.4 is 4.74 Å². The summed E-state index contributed by atoms with van der Waals surface area (Å²) < 4.78 is 29.6. The normalized spacial score (nSPS) is 10.7. The molecule has 3 nitrogen and oxygen atoms in total. The Hall–Kier alpha value is -1.66. The van der Waals surface area contributed by atoms with Crippen molar-refractivity contribution < 1.29 is 23.4 Å². The molecule has 0 fully saturated rings. The van der Waals surface area contributed by atoms with Gasteiger partial charge in [0, 0.05) is 10.4 Å². The van der Waals surface area contributed by atoms with Crippen LogP contribution >= 0.6 is 22.9 Å². The van der Waals surface area contributed by atoms with E-state index in [9.17, 15) is 13.6 Å². The van der Waals surface area contributed by atoms with Crippen LogP contribution in [0.2, 0.25) is 4.34 Å². The Morgan fingerprint density at radius 1 is 1.32 bits per heavy atom. The summed E-state index contributed by atoms with van der Waals surface area (Å²) >= 11 is 6.97. The highest BCUT2D eigenvalue weighted by atomic mass is 35.5. The number of carboxylic acids is 1. The van der Waals surface area contributed by atoms with E-state index in [2.05, 4.69) is 4.74 Å². The summed E-state index contributed by atoms with van der Waals surface area (Å²) in [4.78, 5) is 11.5. The molecule has 0 bridgehead atoms. The summed E-state index contributed by atoms with van der Waals surface area (Å²) in [6.07, 6.45) is 0. The van der Waals surface area contributed by atoms with Gasteiger partial charge in [-0.1, -0.05) is 11.6 Å². The third-order valence-electron chi connectivity index (χ3n) is 2.28. The van der Waals surface area contributed by atoms with E-state index in [1.807, 2.05) is 0 Å². The summed E-state index contributed by atoms with van der Waals surface area (Å²) in [5.74, 6) is -1.40. The maximum Gasteiger partial charge on any atom is 0.387 e. The molecular weight excluding hydrogens is 298 g/mol. The highest BCUT2D eigenvalue weighted by Gasteiger charge is 2.15. The van der Waals surface area contributed by atoms with E-state index in [1.54, 1.807) is 12.1 Å². The number of benzene rings is 1. The van der Waals surface area contributed by atoms with Gasteiger partial charge in [0.15, 0.2) is 0 Å². The molecule has 1 aromatic carbocycles. The minimum atomic E-state index is -3.03. The van der Waals surface area contributed by atoms with Crippen LogP contribution in [0.3, 0.4) is 0 Å². The smallest absolute Gasteiger partial charge is 0.387 e. The number of aromatic carboxylic acids is 1. The number of carbonyl (C=O) groups is 1. The quantitative estimate of drug-likeness (QED) is 0.912. The zero-order valence-corrected chi connectivity index (χ0v) is 10.8. The molecule has 2 rings (SSSR count). The molecule has 0 radical (unpaired) electrons. The topological polar surface area (TPSA) is 46.5 Å². The predicted octanol–water partition coefficient (Wildman–Crippen LogP) is 4.37. The van der Waals surface area contributed by atoms with Gasteiger partial charge in [0.25, 0.3) is 0 Å². The Morgan fingerprint density at radius 2 is 2.05 bits per heavy atom. The summed E-state index contributed by atoms with van der Waals surface area (Å²) in [6.45, 7) is -3.03. The number of thiophene rings is 1. The van der Waals surface area contributed by atoms with E-state index in [-0.39, 0.29) is 11.3 Å². The van der Waals surface area contributed by atoms with Crippen LogP contribution in [-0.2, 0) is 0 Å². The van der Waals surface area contributed by atoms with Crippen molar-refractivity contribution in [1.29, 1.82) is 0 Å². The lowest BCUT2D eigenvalue weighted by molar-refractivity contribution is -0.0495. The Labute approximate surface area is 116 Å². The van der Waals surface area contributed by atoms with E-state index >= 15 is 0 Å². The van der Waals surface area contributed by atoms with Gasteiger partial charge in [-0.3, -0.25) is 0 Å². The average Bonchev–Trinajstić information content (AvgIpc) is 2.74. The summed E-state index contributed by atoms with van der Waals surface area (Å²) in [5.41, 5.74) is 0.254. The Kier molecular flexibility index (Phi) is 4.01. The van der Waals surface area contributed by atoms with E-state index < -0.39 is 12.6 Å². The Bertz CT molecular complexity index is 613. The molecule has 1 aromatic heterocycles. The van der Waals surface area contributed by atoms with Crippen molar-refractivity contribution in [2.24, 2.45) is 0 Å². The zero-order valence-electron chi connectivity index (χ0n) is 9.27.